The molecule has 0 radical (unpaired) electrons. The SMILES string of the molecule is CN=C(NCc1ccc(S(C)(=O)=O)c(C)c1)NCC1CCC(c2ccccc2)CC1. The molecule has 1 aliphatic rings. The summed E-state index contributed by atoms with van der Waals surface area (Å²) in [4.78, 5) is 4.72. The van der Waals surface area contributed by atoms with E-state index in [4.69, 9.17) is 0 Å². The monoisotopic (exact) mass is 427 g/mol. The van der Waals surface area contributed by atoms with Crippen LogP contribution in [0.1, 0.15) is 48.3 Å². The van der Waals surface area contributed by atoms with Crippen molar-refractivity contribution in [1.82, 2.24) is 10.6 Å². The first-order valence-electron chi connectivity index (χ1n) is 10.7. The van der Waals surface area contributed by atoms with Crippen LogP contribution >= 0.6 is 0 Å². The van der Waals surface area contributed by atoms with Gasteiger partial charge in [0.05, 0.1) is 4.90 Å². The molecule has 3 rings (SSSR count). The minimum atomic E-state index is -3.19. The molecule has 30 heavy (non-hydrogen) atoms. The first kappa shape index (κ1) is 22.3. The second kappa shape index (κ2) is 10.1. The topological polar surface area (TPSA) is 70.6 Å². The van der Waals surface area contributed by atoms with E-state index in [1.807, 2.05) is 19.1 Å². The van der Waals surface area contributed by atoms with Crippen molar-refractivity contribution in [3.8, 4) is 0 Å². The van der Waals surface area contributed by atoms with Crippen molar-refractivity contribution in [2.75, 3.05) is 19.8 Å². The predicted molar refractivity (Wildman–Crippen MR) is 124 cm³/mol. The maximum Gasteiger partial charge on any atom is 0.191 e. The van der Waals surface area contributed by atoms with Crippen LogP contribution in [-0.2, 0) is 16.4 Å². The van der Waals surface area contributed by atoms with Crippen molar-refractivity contribution in [3.05, 3.63) is 65.2 Å². The Bertz CT molecular complexity index is 963. The quantitative estimate of drug-likeness (QED) is 0.539. The van der Waals surface area contributed by atoms with Gasteiger partial charge < -0.3 is 10.6 Å². The number of aryl methyl sites for hydroxylation is 1. The van der Waals surface area contributed by atoms with Crippen molar-refractivity contribution < 1.29 is 8.42 Å². The Morgan fingerprint density at radius 1 is 1.03 bits per heavy atom. The highest BCUT2D eigenvalue weighted by molar-refractivity contribution is 7.90. The van der Waals surface area contributed by atoms with Crippen molar-refractivity contribution in [1.29, 1.82) is 0 Å². The number of guanidine groups is 1. The zero-order valence-corrected chi connectivity index (χ0v) is 19.0. The van der Waals surface area contributed by atoms with Gasteiger partial charge in [-0.2, -0.15) is 0 Å². The molecule has 0 heterocycles. The summed E-state index contributed by atoms with van der Waals surface area (Å²) in [5.74, 6) is 2.14. The van der Waals surface area contributed by atoms with E-state index in [0.29, 0.717) is 23.3 Å². The molecule has 0 spiro atoms. The summed E-state index contributed by atoms with van der Waals surface area (Å²) < 4.78 is 23.5. The molecule has 2 aromatic rings. The van der Waals surface area contributed by atoms with Crippen LogP contribution in [-0.4, -0.2) is 34.2 Å². The molecule has 0 aromatic heterocycles. The molecule has 5 nitrogen and oxygen atoms in total. The van der Waals surface area contributed by atoms with Crippen LogP contribution in [0.25, 0.3) is 0 Å². The third kappa shape index (κ3) is 6.08. The summed E-state index contributed by atoms with van der Waals surface area (Å²) in [5, 5.41) is 6.79. The van der Waals surface area contributed by atoms with Gasteiger partial charge in [0.15, 0.2) is 15.8 Å². The van der Waals surface area contributed by atoms with Gasteiger partial charge in [-0.3, -0.25) is 4.99 Å². The molecular formula is C24H33N3O2S. The largest absolute Gasteiger partial charge is 0.356 e. The lowest BCUT2D eigenvalue weighted by Crippen LogP contribution is -2.40. The van der Waals surface area contributed by atoms with E-state index in [1.165, 1.54) is 37.5 Å². The molecule has 0 unspecified atom stereocenters. The van der Waals surface area contributed by atoms with Gasteiger partial charge in [0.2, 0.25) is 0 Å². The molecule has 1 aliphatic carbocycles. The molecule has 0 saturated heterocycles. The summed E-state index contributed by atoms with van der Waals surface area (Å²) in [6, 6.07) is 16.3. The maximum absolute atomic E-state index is 11.8. The fourth-order valence-electron chi connectivity index (χ4n) is 4.31. The Hall–Kier alpha value is -2.34. The molecule has 1 saturated carbocycles. The molecule has 162 valence electrons. The third-order valence-corrected chi connectivity index (χ3v) is 7.26. The summed E-state index contributed by atoms with van der Waals surface area (Å²) in [7, 11) is -1.41. The highest BCUT2D eigenvalue weighted by atomic mass is 32.2. The number of aliphatic imine (C=N–C) groups is 1. The Kier molecular flexibility index (Phi) is 7.53. The average molecular weight is 428 g/mol. The van der Waals surface area contributed by atoms with Crippen molar-refractivity contribution in [3.63, 3.8) is 0 Å². The fourth-order valence-corrected chi connectivity index (χ4v) is 5.27. The van der Waals surface area contributed by atoms with Gasteiger partial charge in [-0.05, 0) is 67.2 Å². The number of rotatable bonds is 6. The predicted octanol–water partition coefficient (Wildman–Crippen LogP) is 4.04. The normalized spacial score (nSPS) is 20.0. The third-order valence-electron chi connectivity index (χ3n) is 6.00. The number of sulfone groups is 1. The number of hydrogen-bond acceptors (Lipinski definition) is 3. The van der Waals surface area contributed by atoms with Crippen molar-refractivity contribution in [2.24, 2.45) is 10.9 Å². The minimum absolute atomic E-state index is 0.389. The molecule has 0 aliphatic heterocycles. The van der Waals surface area contributed by atoms with Gasteiger partial charge in [-0.1, -0.05) is 42.5 Å². The van der Waals surface area contributed by atoms with Crippen LogP contribution in [0, 0.1) is 12.8 Å². The number of nitrogens with zero attached hydrogens (tertiary/aromatic N) is 1. The Morgan fingerprint density at radius 3 is 2.33 bits per heavy atom. The number of hydrogen-bond donors (Lipinski definition) is 2. The van der Waals surface area contributed by atoms with Crippen LogP contribution in [0.3, 0.4) is 0 Å². The molecular weight excluding hydrogens is 394 g/mol. The van der Waals surface area contributed by atoms with E-state index in [2.05, 4.69) is 46.0 Å². The van der Waals surface area contributed by atoms with E-state index < -0.39 is 9.84 Å². The fraction of sp³-hybridized carbons (Fsp3) is 0.458. The minimum Gasteiger partial charge on any atom is -0.356 e. The number of benzene rings is 2. The van der Waals surface area contributed by atoms with Crippen molar-refractivity contribution >= 4 is 15.8 Å². The van der Waals surface area contributed by atoms with Gasteiger partial charge in [-0.15, -0.1) is 0 Å². The second-order valence-corrected chi connectivity index (χ2v) is 10.3. The lowest BCUT2D eigenvalue weighted by Gasteiger charge is -2.29. The molecule has 6 heteroatoms. The van der Waals surface area contributed by atoms with Crippen LogP contribution in [0.5, 0.6) is 0 Å². The maximum atomic E-state index is 11.8. The first-order valence-corrected chi connectivity index (χ1v) is 12.5. The second-order valence-electron chi connectivity index (χ2n) is 8.31. The van der Waals surface area contributed by atoms with Gasteiger partial charge in [0, 0.05) is 26.4 Å². The van der Waals surface area contributed by atoms with Crippen molar-refractivity contribution in [2.45, 2.75) is 50.0 Å². The smallest absolute Gasteiger partial charge is 0.191 e. The Morgan fingerprint density at radius 2 is 1.73 bits per heavy atom. The Balaban J connectivity index is 1.45. The molecule has 0 amide bonds. The summed E-state index contributed by atoms with van der Waals surface area (Å²) in [6.07, 6.45) is 6.19. The van der Waals surface area contributed by atoms with Gasteiger partial charge >= 0.3 is 0 Å². The lowest BCUT2D eigenvalue weighted by molar-refractivity contribution is 0.324. The van der Waals surface area contributed by atoms with E-state index in [1.54, 1.807) is 13.1 Å². The van der Waals surface area contributed by atoms with Crippen LogP contribution in [0.4, 0.5) is 0 Å². The summed E-state index contributed by atoms with van der Waals surface area (Å²) in [6.45, 7) is 3.36. The first-order chi connectivity index (χ1) is 14.4. The standard InChI is InChI=1S/C24H33N3O2S/c1-18-15-20(11-14-23(18)30(3,28)29)17-27-24(25-2)26-16-19-9-12-22(13-10-19)21-7-5-4-6-8-21/h4-8,11,14-15,19,22H,9-10,12-13,16-17H2,1-3H3,(H2,25,26,27). The zero-order chi connectivity index (χ0) is 21.6. The molecule has 0 atom stereocenters. The Labute approximate surface area is 180 Å². The zero-order valence-electron chi connectivity index (χ0n) is 18.2. The van der Waals surface area contributed by atoms with Crippen LogP contribution in [0.15, 0.2) is 58.4 Å². The van der Waals surface area contributed by atoms with Crippen LogP contribution in [0.2, 0.25) is 0 Å². The number of nitrogens with one attached hydrogen (secondary N) is 2. The van der Waals surface area contributed by atoms with Crippen LogP contribution < -0.4 is 10.6 Å². The molecule has 2 aromatic carbocycles. The van der Waals surface area contributed by atoms with E-state index >= 15 is 0 Å². The van der Waals surface area contributed by atoms with E-state index in [0.717, 1.165) is 23.6 Å². The van der Waals surface area contributed by atoms with Gasteiger partial charge in [0.1, 0.15) is 0 Å². The average Bonchev–Trinajstić information content (AvgIpc) is 2.74. The highest BCUT2D eigenvalue weighted by Crippen LogP contribution is 2.35. The molecule has 2 N–H and O–H groups in total. The highest BCUT2D eigenvalue weighted by Gasteiger charge is 2.22. The molecule has 0 bridgehead atoms. The van der Waals surface area contributed by atoms with Gasteiger partial charge in [-0.25, -0.2) is 8.42 Å². The lowest BCUT2D eigenvalue weighted by atomic mass is 9.79. The molecule has 1 fully saturated rings. The van der Waals surface area contributed by atoms with Gasteiger partial charge in [0.25, 0.3) is 0 Å². The van der Waals surface area contributed by atoms with E-state index in [-0.39, 0.29) is 0 Å². The van der Waals surface area contributed by atoms with E-state index in [9.17, 15) is 8.42 Å². The summed E-state index contributed by atoms with van der Waals surface area (Å²) >= 11 is 0. The summed E-state index contributed by atoms with van der Waals surface area (Å²) in [5.41, 5.74) is 3.28.